The van der Waals surface area contributed by atoms with Crippen LogP contribution < -0.4 is 5.73 Å². The standard InChI is InChI=1S/C17H17F6N5O/c18-16(19,20)11-3-1-2-10(6-11)7-12(24)8-14(29)27-4-5-28-13(9-27)25-26-15(28)17(21,22)23/h1-3,6,12H,4-5,7-9,24H2/t12-/m1/s1. The van der Waals surface area contributed by atoms with Crippen LogP contribution in [0.4, 0.5) is 26.3 Å². The van der Waals surface area contributed by atoms with E-state index >= 15 is 0 Å². The van der Waals surface area contributed by atoms with Crippen molar-refractivity contribution in [3.8, 4) is 0 Å². The quantitative estimate of drug-likeness (QED) is 0.771. The summed E-state index contributed by atoms with van der Waals surface area (Å²) in [6, 6.07) is 3.94. The normalized spacial score (nSPS) is 15.9. The molecular formula is C17H17F6N5O. The van der Waals surface area contributed by atoms with Crippen molar-refractivity contribution in [2.24, 2.45) is 5.73 Å². The highest BCUT2D eigenvalue weighted by molar-refractivity contribution is 5.76. The van der Waals surface area contributed by atoms with Crippen LogP contribution in [0.15, 0.2) is 24.3 Å². The lowest BCUT2D eigenvalue weighted by Crippen LogP contribution is -2.42. The number of fused-ring (bicyclic) bond motifs is 1. The molecule has 0 saturated carbocycles. The molecular weight excluding hydrogens is 404 g/mol. The Balaban J connectivity index is 1.60. The highest BCUT2D eigenvalue weighted by atomic mass is 19.4. The zero-order valence-electron chi connectivity index (χ0n) is 15.0. The summed E-state index contributed by atoms with van der Waals surface area (Å²) >= 11 is 0. The van der Waals surface area contributed by atoms with Gasteiger partial charge in [-0.3, -0.25) is 4.79 Å². The maximum Gasteiger partial charge on any atom is 0.451 e. The summed E-state index contributed by atoms with van der Waals surface area (Å²) in [5.41, 5.74) is 5.46. The first kappa shape index (κ1) is 21.1. The predicted molar refractivity (Wildman–Crippen MR) is 88.2 cm³/mol. The monoisotopic (exact) mass is 421 g/mol. The number of aromatic nitrogens is 3. The number of nitrogens with two attached hydrogens (primary N) is 1. The van der Waals surface area contributed by atoms with Crippen LogP contribution in [0.25, 0.3) is 0 Å². The maximum absolute atomic E-state index is 12.9. The Morgan fingerprint density at radius 1 is 1.10 bits per heavy atom. The minimum absolute atomic E-state index is 0.0170. The summed E-state index contributed by atoms with van der Waals surface area (Å²) in [6.45, 7) is -0.215. The second-order valence-electron chi connectivity index (χ2n) is 6.77. The van der Waals surface area contributed by atoms with Gasteiger partial charge in [-0.15, -0.1) is 10.2 Å². The average Bonchev–Trinajstić information content (AvgIpc) is 3.04. The van der Waals surface area contributed by atoms with Gasteiger partial charge in [0.1, 0.15) is 0 Å². The summed E-state index contributed by atoms with van der Waals surface area (Å²) in [7, 11) is 0. The summed E-state index contributed by atoms with van der Waals surface area (Å²) in [4.78, 5) is 13.7. The summed E-state index contributed by atoms with van der Waals surface area (Å²) in [5.74, 6) is -1.50. The largest absolute Gasteiger partial charge is 0.451 e. The molecule has 6 nitrogen and oxygen atoms in total. The van der Waals surface area contributed by atoms with E-state index in [2.05, 4.69) is 10.2 Å². The van der Waals surface area contributed by atoms with Crippen LogP contribution >= 0.6 is 0 Å². The molecule has 1 aliphatic rings. The lowest BCUT2D eigenvalue weighted by molar-refractivity contribution is -0.148. The Hall–Kier alpha value is -2.63. The Morgan fingerprint density at radius 2 is 1.83 bits per heavy atom. The molecule has 0 spiro atoms. The maximum atomic E-state index is 12.9. The number of nitrogens with zero attached hydrogens (tertiary/aromatic N) is 4. The van der Waals surface area contributed by atoms with Crippen LogP contribution in [0, 0.1) is 0 Å². The molecule has 0 aliphatic carbocycles. The van der Waals surface area contributed by atoms with E-state index in [1.54, 1.807) is 0 Å². The molecule has 0 fully saturated rings. The van der Waals surface area contributed by atoms with E-state index in [0.717, 1.165) is 16.7 Å². The Labute approximate surface area is 161 Å². The predicted octanol–water partition coefficient (Wildman–Crippen LogP) is 2.62. The van der Waals surface area contributed by atoms with Crippen molar-refractivity contribution in [1.29, 1.82) is 0 Å². The average molecular weight is 421 g/mol. The van der Waals surface area contributed by atoms with Crippen molar-refractivity contribution >= 4 is 5.91 Å². The second-order valence-corrected chi connectivity index (χ2v) is 6.77. The fraction of sp³-hybridized carbons (Fsp3) is 0.471. The van der Waals surface area contributed by atoms with Gasteiger partial charge in [0, 0.05) is 25.6 Å². The highest BCUT2D eigenvalue weighted by Crippen LogP contribution is 2.30. The Bertz CT molecular complexity index is 891. The van der Waals surface area contributed by atoms with Gasteiger partial charge in [0.15, 0.2) is 5.82 Å². The van der Waals surface area contributed by atoms with E-state index in [4.69, 9.17) is 5.73 Å². The zero-order valence-corrected chi connectivity index (χ0v) is 15.0. The van der Waals surface area contributed by atoms with E-state index in [-0.39, 0.29) is 38.3 Å². The molecule has 1 amide bonds. The van der Waals surface area contributed by atoms with Gasteiger partial charge < -0.3 is 15.2 Å². The number of carbonyl (C=O) groups excluding carboxylic acids is 1. The smallest absolute Gasteiger partial charge is 0.333 e. The molecule has 0 bridgehead atoms. The van der Waals surface area contributed by atoms with Crippen molar-refractivity contribution in [2.75, 3.05) is 6.54 Å². The number of halogens is 6. The lowest BCUT2D eigenvalue weighted by atomic mass is 10.0. The highest BCUT2D eigenvalue weighted by Gasteiger charge is 2.40. The van der Waals surface area contributed by atoms with Gasteiger partial charge in [-0.1, -0.05) is 18.2 Å². The molecule has 0 unspecified atom stereocenters. The van der Waals surface area contributed by atoms with E-state index in [1.807, 2.05) is 0 Å². The number of carbonyl (C=O) groups is 1. The number of rotatable bonds is 4. The SMILES string of the molecule is N[C@@H](CC(=O)N1CCn2c(nnc2C(F)(F)F)C1)Cc1cccc(C(F)(F)F)c1. The third-order valence-electron chi connectivity index (χ3n) is 4.55. The zero-order chi connectivity index (χ0) is 21.4. The third-order valence-corrected chi connectivity index (χ3v) is 4.55. The van der Waals surface area contributed by atoms with Gasteiger partial charge in [0.2, 0.25) is 11.7 Å². The number of hydrogen-bond donors (Lipinski definition) is 1. The minimum Gasteiger partial charge on any atom is -0.333 e. The van der Waals surface area contributed by atoms with Crippen molar-refractivity contribution in [3.05, 3.63) is 47.0 Å². The van der Waals surface area contributed by atoms with Crippen LogP contribution in [0.2, 0.25) is 0 Å². The Kier molecular flexibility index (Phi) is 5.57. The number of alkyl halides is 6. The molecule has 0 radical (unpaired) electrons. The topological polar surface area (TPSA) is 77.0 Å². The van der Waals surface area contributed by atoms with E-state index in [0.29, 0.717) is 5.56 Å². The van der Waals surface area contributed by atoms with Crippen LogP contribution in [0.5, 0.6) is 0 Å². The van der Waals surface area contributed by atoms with E-state index in [9.17, 15) is 31.1 Å². The number of benzene rings is 1. The summed E-state index contributed by atoms with van der Waals surface area (Å²) < 4.78 is 77.8. The molecule has 2 aromatic rings. The Morgan fingerprint density at radius 3 is 2.48 bits per heavy atom. The van der Waals surface area contributed by atoms with Crippen molar-refractivity contribution in [3.63, 3.8) is 0 Å². The number of amides is 1. The molecule has 12 heteroatoms. The van der Waals surface area contributed by atoms with Gasteiger partial charge in [-0.25, -0.2) is 0 Å². The number of hydrogen-bond acceptors (Lipinski definition) is 4. The molecule has 158 valence electrons. The molecule has 1 aromatic heterocycles. The molecule has 2 N–H and O–H groups in total. The van der Waals surface area contributed by atoms with Gasteiger partial charge in [0.05, 0.1) is 12.1 Å². The van der Waals surface area contributed by atoms with Gasteiger partial charge in [0.25, 0.3) is 0 Å². The van der Waals surface area contributed by atoms with Crippen LogP contribution in [0.3, 0.4) is 0 Å². The van der Waals surface area contributed by atoms with Gasteiger partial charge >= 0.3 is 12.4 Å². The summed E-state index contributed by atoms with van der Waals surface area (Å²) in [6.07, 6.45) is -9.21. The molecule has 1 aromatic carbocycles. The molecule has 0 saturated heterocycles. The molecule has 2 heterocycles. The van der Waals surface area contributed by atoms with Gasteiger partial charge in [-0.2, -0.15) is 26.3 Å². The molecule has 3 rings (SSSR count). The third kappa shape index (κ3) is 4.86. The van der Waals surface area contributed by atoms with Crippen LogP contribution in [0.1, 0.15) is 29.2 Å². The molecule has 1 atom stereocenters. The van der Waals surface area contributed by atoms with Crippen LogP contribution in [-0.2, 0) is 36.7 Å². The van der Waals surface area contributed by atoms with Gasteiger partial charge in [-0.05, 0) is 18.1 Å². The first-order valence-electron chi connectivity index (χ1n) is 8.64. The second kappa shape index (κ2) is 7.65. The molecule has 1 aliphatic heterocycles. The first-order chi connectivity index (χ1) is 13.4. The van der Waals surface area contributed by atoms with Crippen LogP contribution in [-0.4, -0.2) is 38.2 Å². The van der Waals surface area contributed by atoms with E-state index in [1.165, 1.54) is 17.0 Å². The fourth-order valence-corrected chi connectivity index (χ4v) is 3.18. The lowest BCUT2D eigenvalue weighted by Gasteiger charge is -2.29. The molecule has 29 heavy (non-hydrogen) atoms. The first-order valence-corrected chi connectivity index (χ1v) is 8.64. The van der Waals surface area contributed by atoms with Crippen molar-refractivity contribution in [1.82, 2.24) is 19.7 Å². The van der Waals surface area contributed by atoms with Crippen molar-refractivity contribution < 1.29 is 31.1 Å². The fourth-order valence-electron chi connectivity index (χ4n) is 3.18. The van der Waals surface area contributed by atoms with Crippen molar-refractivity contribution in [2.45, 2.75) is 44.3 Å². The summed E-state index contributed by atoms with van der Waals surface area (Å²) in [5, 5.41) is 6.64. The van der Waals surface area contributed by atoms with E-state index < -0.39 is 35.7 Å². The minimum atomic E-state index is -4.63.